The van der Waals surface area contributed by atoms with Gasteiger partial charge in [-0.2, -0.15) is 0 Å². The van der Waals surface area contributed by atoms with Gasteiger partial charge in [0.25, 0.3) is 0 Å². The number of rotatable bonds is 6. The maximum Gasteiger partial charge on any atom is 0.239 e. The summed E-state index contributed by atoms with van der Waals surface area (Å²) in [5, 5.41) is 3.23. The van der Waals surface area contributed by atoms with E-state index in [9.17, 15) is 4.79 Å². The second-order valence-electron chi connectivity index (χ2n) is 3.70. The quantitative estimate of drug-likeness (QED) is 0.808. The number of carbonyl (C=O) groups is 1. The van der Waals surface area contributed by atoms with Crippen LogP contribution in [0.1, 0.15) is 5.56 Å². The Morgan fingerprint density at radius 1 is 1.50 bits per heavy atom. The van der Waals surface area contributed by atoms with Crippen molar-refractivity contribution in [2.24, 2.45) is 5.73 Å². The molecule has 18 heavy (non-hydrogen) atoms. The topological polar surface area (TPSA) is 73.6 Å². The first-order chi connectivity index (χ1) is 8.60. The number of hydrogen-bond donors (Lipinski definition) is 2. The molecule has 0 aliphatic carbocycles. The van der Waals surface area contributed by atoms with Gasteiger partial charge in [-0.25, -0.2) is 0 Å². The SMILES string of the molecule is COCC(N)C(=O)NCc1c(Cl)cccc1OC. The summed E-state index contributed by atoms with van der Waals surface area (Å²) in [5.74, 6) is 0.335. The van der Waals surface area contributed by atoms with Gasteiger partial charge in [-0.1, -0.05) is 17.7 Å². The fourth-order valence-electron chi connectivity index (χ4n) is 1.46. The van der Waals surface area contributed by atoms with Crippen molar-refractivity contribution in [2.75, 3.05) is 20.8 Å². The summed E-state index contributed by atoms with van der Waals surface area (Å²) < 4.78 is 9.98. The molecular weight excluding hydrogens is 256 g/mol. The molecule has 0 heterocycles. The van der Waals surface area contributed by atoms with Crippen molar-refractivity contribution < 1.29 is 14.3 Å². The molecular formula is C12H17ClN2O3. The Morgan fingerprint density at radius 2 is 2.22 bits per heavy atom. The van der Waals surface area contributed by atoms with Crippen LogP contribution in [-0.4, -0.2) is 32.8 Å². The van der Waals surface area contributed by atoms with Gasteiger partial charge in [0.2, 0.25) is 5.91 Å². The van der Waals surface area contributed by atoms with E-state index in [1.54, 1.807) is 25.3 Å². The predicted molar refractivity (Wildman–Crippen MR) is 69.7 cm³/mol. The van der Waals surface area contributed by atoms with Gasteiger partial charge in [0.1, 0.15) is 11.8 Å². The highest BCUT2D eigenvalue weighted by atomic mass is 35.5. The molecule has 1 atom stereocenters. The van der Waals surface area contributed by atoms with E-state index in [0.717, 1.165) is 5.56 Å². The largest absolute Gasteiger partial charge is 0.496 e. The van der Waals surface area contributed by atoms with E-state index in [4.69, 9.17) is 26.8 Å². The molecule has 3 N–H and O–H groups in total. The van der Waals surface area contributed by atoms with E-state index in [1.807, 2.05) is 0 Å². The van der Waals surface area contributed by atoms with E-state index in [2.05, 4.69) is 5.32 Å². The molecule has 0 spiro atoms. The Balaban J connectivity index is 2.66. The fourth-order valence-corrected chi connectivity index (χ4v) is 1.70. The van der Waals surface area contributed by atoms with Crippen molar-refractivity contribution in [1.29, 1.82) is 0 Å². The predicted octanol–water partition coefficient (Wildman–Crippen LogP) is 0.939. The number of nitrogens with two attached hydrogens (primary N) is 1. The fraction of sp³-hybridized carbons (Fsp3) is 0.417. The van der Waals surface area contributed by atoms with Crippen LogP contribution in [-0.2, 0) is 16.1 Å². The van der Waals surface area contributed by atoms with Gasteiger partial charge >= 0.3 is 0 Å². The Bertz CT molecular complexity index is 412. The highest BCUT2D eigenvalue weighted by Crippen LogP contribution is 2.25. The Morgan fingerprint density at radius 3 is 2.83 bits per heavy atom. The molecule has 100 valence electrons. The van der Waals surface area contributed by atoms with Crippen LogP contribution in [0, 0.1) is 0 Å². The molecule has 0 aliphatic heterocycles. The summed E-state index contributed by atoms with van der Waals surface area (Å²) in [6, 6.07) is 4.61. The van der Waals surface area contributed by atoms with Crippen molar-refractivity contribution in [2.45, 2.75) is 12.6 Å². The molecule has 0 fully saturated rings. The van der Waals surface area contributed by atoms with Crippen LogP contribution >= 0.6 is 11.6 Å². The molecule has 1 aromatic rings. The van der Waals surface area contributed by atoms with Crippen LogP contribution in [0.4, 0.5) is 0 Å². The minimum Gasteiger partial charge on any atom is -0.496 e. The summed E-state index contributed by atoms with van der Waals surface area (Å²) in [7, 11) is 3.04. The van der Waals surface area contributed by atoms with E-state index < -0.39 is 6.04 Å². The average Bonchev–Trinajstić information content (AvgIpc) is 2.36. The second kappa shape index (κ2) is 7.20. The molecule has 5 nitrogen and oxygen atoms in total. The molecule has 1 unspecified atom stereocenters. The summed E-state index contributed by atoms with van der Waals surface area (Å²) in [6.07, 6.45) is 0. The van der Waals surface area contributed by atoms with Gasteiger partial charge in [-0.05, 0) is 12.1 Å². The van der Waals surface area contributed by atoms with Crippen LogP contribution < -0.4 is 15.8 Å². The van der Waals surface area contributed by atoms with Gasteiger partial charge in [0, 0.05) is 24.2 Å². The highest BCUT2D eigenvalue weighted by Gasteiger charge is 2.14. The zero-order chi connectivity index (χ0) is 13.5. The molecule has 0 aromatic heterocycles. The summed E-state index contributed by atoms with van der Waals surface area (Å²) in [5.41, 5.74) is 6.32. The number of carbonyl (C=O) groups excluding carboxylic acids is 1. The van der Waals surface area contributed by atoms with Crippen molar-refractivity contribution in [3.05, 3.63) is 28.8 Å². The van der Waals surface area contributed by atoms with Crippen molar-refractivity contribution >= 4 is 17.5 Å². The number of methoxy groups -OCH3 is 2. The van der Waals surface area contributed by atoms with E-state index in [-0.39, 0.29) is 19.1 Å². The Kier molecular flexibility index (Phi) is 5.91. The third kappa shape index (κ3) is 3.87. The van der Waals surface area contributed by atoms with Crippen LogP contribution in [0.2, 0.25) is 5.02 Å². The first kappa shape index (κ1) is 14.8. The first-order valence-electron chi connectivity index (χ1n) is 5.43. The number of amides is 1. The number of benzene rings is 1. The molecule has 0 bridgehead atoms. The zero-order valence-corrected chi connectivity index (χ0v) is 11.2. The van der Waals surface area contributed by atoms with Gasteiger partial charge in [-0.3, -0.25) is 4.79 Å². The number of hydrogen-bond acceptors (Lipinski definition) is 4. The molecule has 0 radical (unpaired) electrons. The lowest BCUT2D eigenvalue weighted by Gasteiger charge is -2.14. The molecule has 0 aliphatic rings. The lowest BCUT2D eigenvalue weighted by molar-refractivity contribution is -0.123. The number of nitrogens with one attached hydrogen (secondary N) is 1. The van der Waals surface area contributed by atoms with Gasteiger partial charge in [0.15, 0.2) is 0 Å². The number of halogens is 1. The van der Waals surface area contributed by atoms with Gasteiger partial charge < -0.3 is 20.5 Å². The van der Waals surface area contributed by atoms with Gasteiger partial charge in [0.05, 0.1) is 13.7 Å². The third-order valence-corrected chi connectivity index (χ3v) is 2.77. The van der Waals surface area contributed by atoms with E-state index in [1.165, 1.54) is 7.11 Å². The molecule has 1 aromatic carbocycles. The Hall–Kier alpha value is -1.30. The van der Waals surface area contributed by atoms with Crippen molar-refractivity contribution in [1.82, 2.24) is 5.32 Å². The summed E-state index contributed by atoms with van der Waals surface area (Å²) in [6.45, 7) is 0.435. The summed E-state index contributed by atoms with van der Waals surface area (Å²) >= 11 is 6.05. The van der Waals surface area contributed by atoms with Crippen molar-refractivity contribution in [3.63, 3.8) is 0 Å². The minimum absolute atomic E-state index is 0.172. The maximum atomic E-state index is 11.6. The molecule has 6 heteroatoms. The van der Waals surface area contributed by atoms with E-state index in [0.29, 0.717) is 10.8 Å². The van der Waals surface area contributed by atoms with Crippen LogP contribution in [0.3, 0.4) is 0 Å². The Labute approximate surface area is 111 Å². The minimum atomic E-state index is -0.691. The zero-order valence-electron chi connectivity index (χ0n) is 10.4. The number of ether oxygens (including phenoxy) is 2. The molecule has 0 saturated heterocycles. The van der Waals surface area contributed by atoms with E-state index >= 15 is 0 Å². The van der Waals surface area contributed by atoms with Crippen molar-refractivity contribution in [3.8, 4) is 5.75 Å². The normalized spacial score (nSPS) is 12.0. The van der Waals surface area contributed by atoms with Crippen LogP contribution in [0.25, 0.3) is 0 Å². The average molecular weight is 273 g/mol. The standard InChI is InChI=1S/C12H17ClN2O3/c1-17-7-10(14)12(16)15-6-8-9(13)4-3-5-11(8)18-2/h3-5,10H,6-7,14H2,1-2H3,(H,15,16). The summed E-state index contributed by atoms with van der Waals surface area (Å²) in [4.78, 5) is 11.6. The lowest BCUT2D eigenvalue weighted by atomic mass is 10.2. The maximum absolute atomic E-state index is 11.6. The first-order valence-corrected chi connectivity index (χ1v) is 5.81. The van der Waals surface area contributed by atoms with Crippen LogP contribution in [0.5, 0.6) is 5.75 Å². The molecule has 1 amide bonds. The lowest BCUT2D eigenvalue weighted by Crippen LogP contribution is -2.43. The van der Waals surface area contributed by atoms with Crippen LogP contribution in [0.15, 0.2) is 18.2 Å². The highest BCUT2D eigenvalue weighted by molar-refractivity contribution is 6.31. The molecule has 0 saturated carbocycles. The second-order valence-corrected chi connectivity index (χ2v) is 4.11. The molecule has 1 rings (SSSR count). The monoisotopic (exact) mass is 272 g/mol. The van der Waals surface area contributed by atoms with Gasteiger partial charge in [-0.15, -0.1) is 0 Å². The smallest absolute Gasteiger partial charge is 0.239 e. The third-order valence-electron chi connectivity index (χ3n) is 2.42.